The number of fused-ring (bicyclic) bond motifs is 1. The van der Waals surface area contributed by atoms with E-state index in [2.05, 4.69) is 10.6 Å². The lowest BCUT2D eigenvalue weighted by atomic mass is 10.0. The monoisotopic (exact) mass is 409 g/mol. The summed E-state index contributed by atoms with van der Waals surface area (Å²) >= 11 is 0. The standard InChI is InChI=1S/C18H19N3O6.ClH/c22-15-4-3-14(16(23)20-15)21-17(24)12-2-1-10(7-13(12)18(21)25)27-9-11-8-19-5-6-26-11;/h1-2,7,11,14,19H,3-6,8-9H2,(H,20,22,23);1H. The molecule has 3 aliphatic heterocycles. The minimum atomic E-state index is -0.971. The first-order valence-electron chi connectivity index (χ1n) is 8.85. The van der Waals surface area contributed by atoms with Gasteiger partial charge in [-0.05, 0) is 24.6 Å². The molecule has 0 spiro atoms. The van der Waals surface area contributed by atoms with Gasteiger partial charge >= 0.3 is 0 Å². The van der Waals surface area contributed by atoms with Gasteiger partial charge in [-0.25, -0.2) is 0 Å². The lowest BCUT2D eigenvalue weighted by Crippen LogP contribution is -2.54. The molecule has 2 N–H and O–H groups in total. The molecular formula is C18H20ClN3O6. The van der Waals surface area contributed by atoms with E-state index in [4.69, 9.17) is 9.47 Å². The van der Waals surface area contributed by atoms with Crippen molar-refractivity contribution in [3.05, 3.63) is 29.3 Å². The summed E-state index contributed by atoms with van der Waals surface area (Å²) in [5.41, 5.74) is 0.428. The number of ether oxygens (including phenoxy) is 2. The highest BCUT2D eigenvalue weighted by Gasteiger charge is 2.44. The number of hydrogen-bond acceptors (Lipinski definition) is 7. The fraction of sp³-hybridized carbons (Fsp3) is 0.444. The highest BCUT2D eigenvalue weighted by atomic mass is 35.5. The number of nitrogens with zero attached hydrogens (tertiary/aromatic N) is 1. The molecule has 2 atom stereocenters. The molecule has 2 unspecified atom stereocenters. The predicted octanol–water partition coefficient (Wildman–Crippen LogP) is -0.123. The summed E-state index contributed by atoms with van der Waals surface area (Å²) in [6.45, 7) is 2.44. The van der Waals surface area contributed by atoms with Crippen LogP contribution in [-0.2, 0) is 14.3 Å². The molecule has 150 valence electrons. The Morgan fingerprint density at radius 2 is 1.93 bits per heavy atom. The van der Waals surface area contributed by atoms with Crippen LogP contribution in [0.25, 0.3) is 0 Å². The van der Waals surface area contributed by atoms with Crippen LogP contribution in [0.4, 0.5) is 0 Å². The third-order valence-electron chi connectivity index (χ3n) is 4.85. The van der Waals surface area contributed by atoms with Crippen molar-refractivity contribution in [2.75, 3.05) is 26.3 Å². The Bertz CT molecular complexity index is 824. The van der Waals surface area contributed by atoms with Crippen LogP contribution >= 0.6 is 12.4 Å². The summed E-state index contributed by atoms with van der Waals surface area (Å²) < 4.78 is 11.3. The Kier molecular flexibility index (Phi) is 5.97. The van der Waals surface area contributed by atoms with E-state index in [-0.39, 0.29) is 42.5 Å². The predicted molar refractivity (Wildman–Crippen MR) is 98.5 cm³/mol. The zero-order chi connectivity index (χ0) is 19.0. The van der Waals surface area contributed by atoms with Crippen molar-refractivity contribution >= 4 is 36.0 Å². The lowest BCUT2D eigenvalue weighted by Gasteiger charge is -2.27. The van der Waals surface area contributed by atoms with Crippen molar-refractivity contribution in [3.63, 3.8) is 0 Å². The molecule has 2 fully saturated rings. The van der Waals surface area contributed by atoms with Gasteiger partial charge in [0.05, 0.1) is 17.7 Å². The first-order chi connectivity index (χ1) is 13.0. The fourth-order valence-corrected chi connectivity index (χ4v) is 3.46. The zero-order valence-electron chi connectivity index (χ0n) is 14.9. The highest BCUT2D eigenvalue weighted by molar-refractivity contribution is 6.23. The van der Waals surface area contributed by atoms with E-state index in [0.29, 0.717) is 25.5 Å². The molecule has 0 bridgehead atoms. The quantitative estimate of drug-likeness (QED) is 0.666. The van der Waals surface area contributed by atoms with E-state index in [1.807, 2.05) is 0 Å². The van der Waals surface area contributed by atoms with Crippen LogP contribution in [0.15, 0.2) is 18.2 Å². The van der Waals surface area contributed by atoms with E-state index < -0.39 is 29.7 Å². The number of hydrogen-bond donors (Lipinski definition) is 2. The molecule has 0 radical (unpaired) electrons. The molecular weight excluding hydrogens is 390 g/mol. The number of imide groups is 2. The normalized spacial score (nSPS) is 24.5. The van der Waals surface area contributed by atoms with Crippen LogP contribution in [0.2, 0.25) is 0 Å². The van der Waals surface area contributed by atoms with Crippen LogP contribution < -0.4 is 15.4 Å². The summed E-state index contributed by atoms with van der Waals surface area (Å²) in [5, 5.41) is 5.38. The van der Waals surface area contributed by atoms with Crippen molar-refractivity contribution in [1.82, 2.24) is 15.5 Å². The number of morpholine rings is 1. The Hall–Kier alpha value is -2.49. The Morgan fingerprint density at radius 3 is 2.64 bits per heavy atom. The van der Waals surface area contributed by atoms with Crippen LogP contribution in [0.1, 0.15) is 33.6 Å². The number of amides is 4. The highest BCUT2D eigenvalue weighted by Crippen LogP contribution is 2.30. The van der Waals surface area contributed by atoms with Crippen molar-refractivity contribution in [3.8, 4) is 5.75 Å². The molecule has 3 aliphatic rings. The molecule has 0 saturated carbocycles. The largest absolute Gasteiger partial charge is 0.491 e. The lowest BCUT2D eigenvalue weighted by molar-refractivity contribution is -0.136. The second-order valence-electron chi connectivity index (χ2n) is 6.66. The Labute approximate surface area is 167 Å². The van der Waals surface area contributed by atoms with Gasteiger partial charge in [0.2, 0.25) is 11.8 Å². The Balaban J connectivity index is 0.00000225. The van der Waals surface area contributed by atoms with Gasteiger partial charge in [-0.3, -0.25) is 29.4 Å². The van der Waals surface area contributed by atoms with Crippen molar-refractivity contribution < 1.29 is 28.7 Å². The van der Waals surface area contributed by atoms with Crippen molar-refractivity contribution in [2.24, 2.45) is 0 Å². The molecule has 9 nitrogen and oxygen atoms in total. The Morgan fingerprint density at radius 1 is 1.14 bits per heavy atom. The second kappa shape index (κ2) is 8.26. The number of carbonyl (C=O) groups excluding carboxylic acids is 4. The summed E-state index contributed by atoms with van der Waals surface area (Å²) in [6.07, 6.45) is 0.142. The minimum Gasteiger partial charge on any atom is -0.491 e. The molecule has 2 saturated heterocycles. The van der Waals surface area contributed by atoms with Crippen LogP contribution in [0.5, 0.6) is 5.75 Å². The fourth-order valence-electron chi connectivity index (χ4n) is 3.46. The molecule has 4 rings (SSSR count). The first-order valence-corrected chi connectivity index (χ1v) is 8.85. The van der Waals surface area contributed by atoms with E-state index >= 15 is 0 Å². The number of piperidine rings is 1. The van der Waals surface area contributed by atoms with E-state index in [1.165, 1.54) is 12.1 Å². The first kappa shape index (κ1) is 20.2. The summed E-state index contributed by atoms with van der Waals surface area (Å²) in [7, 11) is 0. The number of nitrogens with one attached hydrogen (secondary N) is 2. The van der Waals surface area contributed by atoms with Crippen molar-refractivity contribution in [1.29, 1.82) is 0 Å². The van der Waals surface area contributed by atoms with Gasteiger partial charge in [0.25, 0.3) is 11.8 Å². The number of rotatable bonds is 4. The van der Waals surface area contributed by atoms with Gasteiger partial charge in [0, 0.05) is 19.5 Å². The summed E-state index contributed by atoms with van der Waals surface area (Å²) in [4.78, 5) is 49.7. The average Bonchev–Trinajstić information content (AvgIpc) is 2.92. The van der Waals surface area contributed by atoms with Gasteiger partial charge in [0.1, 0.15) is 24.5 Å². The number of halogens is 1. The second-order valence-corrected chi connectivity index (χ2v) is 6.66. The number of carbonyl (C=O) groups is 4. The van der Waals surface area contributed by atoms with Gasteiger partial charge < -0.3 is 14.8 Å². The summed E-state index contributed by atoms with van der Waals surface area (Å²) in [6, 6.07) is 3.68. The number of benzene rings is 1. The van der Waals surface area contributed by atoms with Crippen LogP contribution in [0.3, 0.4) is 0 Å². The van der Waals surface area contributed by atoms with Crippen molar-refractivity contribution in [2.45, 2.75) is 25.0 Å². The van der Waals surface area contributed by atoms with E-state index in [1.54, 1.807) is 6.07 Å². The van der Waals surface area contributed by atoms with Gasteiger partial charge in [-0.1, -0.05) is 0 Å². The molecule has 10 heteroatoms. The van der Waals surface area contributed by atoms with Gasteiger partial charge in [-0.2, -0.15) is 0 Å². The topological polar surface area (TPSA) is 114 Å². The van der Waals surface area contributed by atoms with Gasteiger partial charge in [0.15, 0.2) is 0 Å². The molecule has 1 aromatic rings. The third kappa shape index (κ3) is 3.73. The zero-order valence-corrected chi connectivity index (χ0v) is 15.8. The minimum absolute atomic E-state index is 0. The van der Waals surface area contributed by atoms with E-state index in [9.17, 15) is 19.2 Å². The van der Waals surface area contributed by atoms with Gasteiger partial charge in [-0.15, -0.1) is 12.4 Å². The molecule has 28 heavy (non-hydrogen) atoms. The van der Waals surface area contributed by atoms with Crippen LogP contribution in [0, 0.1) is 0 Å². The SMILES string of the molecule is Cl.O=C1CCC(N2C(=O)c3ccc(OCC4CNCCO4)cc3C2=O)C(=O)N1. The maximum absolute atomic E-state index is 12.7. The third-order valence-corrected chi connectivity index (χ3v) is 4.85. The van der Waals surface area contributed by atoms with E-state index in [0.717, 1.165) is 11.4 Å². The average molecular weight is 410 g/mol. The molecule has 0 aliphatic carbocycles. The molecule has 1 aromatic carbocycles. The summed E-state index contributed by atoms with van der Waals surface area (Å²) in [5.74, 6) is -1.65. The molecule has 4 amide bonds. The van der Waals surface area contributed by atoms with Crippen LogP contribution in [-0.4, -0.2) is 67.0 Å². The molecule has 0 aromatic heterocycles. The smallest absolute Gasteiger partial charge is 0.262 e. The maximum atomic E-state index is 12.7. The molecule has 3 heterocycles. The maximum Gasteiger partial charge on any atom is 0.262 e.